The molecule has 1 aliphatic rings. The fourth-order valence-corrected chi connectivity index (χ4v) is 0.754. The van der Waals surface area contributed by atoms with E-state index < -0.39 is 0 Å². The smallest absolute Gasteiger partial charge is 1.00 e. The third-order valence-corrected chi connectivity index (χ3v) is 1.30. The zero-order valence-corrected chi connectivity index (χ0v) is 7.65. The van der Waals surface area contributed by atoms with Gasteiger partial charge in [-0.3, -0.25) is 0 Å². The summed E-state index contributed by atoms with van der Waals surface area (Å²) in [5.74, 6) is 0. The van der Waals surface area contributed by atoms with Crippen molar-refractivity contribution in [3.05, 3.63) is 23.8 Å². The molecule has 0 aromatic rings. The van der Waals surface area contributed by atoms with E-state index in [0.29, 0.717) is 0 Å². The molecule has 0 unspecified atom stereocenters. The maximum absolute atomic E-state index is 2.19. The Morgan fingerprint density at radius 1 is 1.75 bits per heavy atom. The zero-order valence-electron chi connectivity index (χ0n) is 6.65. The van der Waals surface area contributed by atoms with Crippen molar-refractivity contribution in [2.24, 2.45) is 0 Å². The van der Waals surface area contributed by atoms with Crippen LogP contribution in [0.25, 0.3) is 0 Å². The Morgan fingerprint density at radius 3 is 2.75 bits per heavy atom. The molecule has 8 heavy (non-hydrogen) atoms. The van der Waals surface area contributed by atoms with Crippen molar-refractivity contribution in [1.29, 1.82) is 0 Å². The minimum atomic E-state index is 0. The molecule has 0 amide bonds. The number of hydrogen-bond donors (Lipinski definition) is 0. The third-order valence-electron chi connectivity index (χ3n) is 1.30. The SMILES string of the molecule is CCC1=CC=CC1.[H-].[Na+]. The fraction of sp³-hybridized carbons (Fsp3) is 0.429. The predicted octanol–water partition coefficient (Wildman–Crippen LogP) is -0.601. The van der Waals surface area contributed by atoms with E-state index in [2.05, 4.69) is 25.2 Å². The van der Waals surface area contributed by atoms with Crippen molar-refractivity contribution in [3.63, 3.8) is 0 Å². The van der Waals surface area contributed by atoms with Gasteiger partial charge >= 0.3 is 29.6 Å². The molecule has 0 radical (unpaired) electrons. The Labute approximate surface area is 74.4 Å². The minimum absolute atomic E-state index is 0. The molecule has 0 saturated carbocycles. The van der Waals surface area contributed by atoms with Gasteiger partial charge in [0.15, 0.2) is 0 Å². The van der Waals surface area contributed by atoms with Crippen molar-refractivity contribution < 1.29 is 31.0 Å². The molecule has 0 nitrogen and oxygen atoms in total. The van der Waals surface area contributed by atoms with Gasteiger partial charge in [-0.2, -0.15) is 0 Å². The van der Waals surface area contributed by atoms with E-state index in [1.54, 1.807) is 5.57 Å². The van der Waals surface area contributed by atoms with Gasteiger partial charge in [0, 0.05) is 0 Å². The molecule has 0 saturated heterocycles. The van der Waals surface area contributed by atoms with Crippen molar-refractivity contribution >= 4 is 0 Å². The van der Waals surface area contributed by atoms with Crippen LogP contribution in [0.3, 0.4) is 0 Å². The van der Waals surface area contributed by atoms with Crippen LogP contribution in [0.5, 0.6) is 0 Å². The largest absolute Gasteiger partial charge is 1.00 e. The molecule has 1 heteroatoms. The van der Waals surface area contributed by atoms with E-state index in [1.807, 2.05) is 0 Å². The Kier molecular flexibility index (Phi) is 4.63. The summed E-state index contributed by atoms with van der Waals surface area (Å²) in [6.07, 6.45) is 8.92. The maximum atomic E-state index is 2.19. The molecule has 0 aromatic heterocycles. The molecule has 0 atom stereocenters. The predicted molar refractivity (Wildman–Crippen MR) is 33.2 cm³/mol. The van der Waals surface area contributed by atoms with Crippen molar-refractivity contribution in [1.82, 2.24) is 0 Å². The molecule has 0 heterocycles. The summed E-state index contributed by atoms with van der Waals surface area (Å²) in [5, 5.41) is 0. The molecular formula is C7H11Na. The summed E-state index contributed by atoms with van der Waals surface area (Å²) in [4.78, 5) is 0. The number of rotatable bonds is 1. The second kappa shape index (κ2) is 4.37. The van der Waals surface area contributed by atoms with Crippen molar-refractivity contribution in [3.8, 4) is 0 Å². The summed E-state index contributed by atoms with van der Waals surface area (Å²) in [6.45, 7) is 2.19. The van der Waals surface area contributed by atoms with Crippen LogP contribution in [0.1, 0.15) is 21.2 Å². The minimum Gasteiger partial charge on any atom is -1.00 e. The van der Waals surface area contributed by atoms with Gasteiger partial charge in [0.1, 0.15) is 0 Å². The Bertz CT molecular complexity index is 116. The standard InChI is InChI=1S/C7H10.Na.H/c1-2-7-5-3-4-6-7;;/h3-5H,2,6H2,1H3;;/q;+1;-1. The van der Waals surface area contributed by atoms with E-state index in [-0.39, 0.29) is 31.0 Å². The molecule has 1 rings (SSSR count). The topological polar surface area (TPSA) is 0 Å². The van der Waals surface area contributed by atoms with E-state index >= 15 is 0 Å². The Hall–Kier alpha value is 0.480. The maximum Gasteiger partial charge on any atom is 1.00 e. The van der Waals surface area contributed by atoms with E-state index in [1.165, 1.54) is 12.8 Å². The van der Waals surface area contributed by atoms with Gasteiger partial charge in [0.2, 0.25) is 0 Å². The van der Waals surface area contributed by atoms with Gasteiger partial charge in [0.05, 0.1) is 0 Å². The van der Waals surface area contributed by atoms with Crippen molar-refractivity contribution in [2.75, 3.05) is 0 Å². The van der Waals surface area contributed by atoms with Crippen LogP contribution in [0.2, 0.25) is 0 Å². The van der Waals surface area contributed by atoms with Crippen LogP contribution in [0, 0.1) is 0 Å². The number of allylic oxidation sites excluding steroid dienone is 4. The van der Waals surface area contributed by atoms with Crippen LogP contribution in [-0.4, -0.2) is 0 Å². The fourth-order valence-electron chi connectivity index (χ4n) is 0.754. The number of hydrogen-bond acceptors (Lipinski definition) is 0. The first kappa shape index (κ1) is 8.48. The van der Waals surface area contributed by atoms with Crippen LogP contribution >= 0.6 is 0 Å². The van der Waals surface area contributed by atoms with Crippen LogP contribution in [0.15, 0.2) is 23.8 Å². The third kappa shape index (κ3) is 2.17. The van der Waals surface area contributed by atoms with Crippen LogP contribution < -0.4 is 29.6 Å². The van der Waals surface area contributed by atoms with Gasteiger partial charge in [-0.05, 0) is 12.8 Å². The average molecular weight is 118 g/mol. The molecule has 0 aromatic carbocycles. The molecule has 40 valence electrons. The summed E-state index contributed by atoms with van der Waals surface area (Å²) >= 11 is 0. The van der Waals surface area contributed by atoms with Crippen LogP contribution in [-0.2, 0) is 0 Å². The first-order chi connectivity index (χ1) is 3.43. The molecular weight excluding hydrogens is 107 g/mol. The van der Waals surface area contributed by atoms with E-state index in [4.69, 9.17) is 0 Å². The van der Waals surface area contributed by atoms with Gasteiger partial charge in [0.25, 0.3) is 0 Å². The first-order valence-electron chi connectivity index (χ1n) is 2.78. The van der Waals surface area contributed by atoms with E-state index in [9.17, 15) is 0 Å². The second-order valence-corrected chi connectivity index (χ2v) is 1.81. The summed E-state index contributed by atoms with van der Waals surface area (Å²) in [7, 11) is 0. The summed E-state index contributed by atoms with van der Waals surface area (Å²) in [6, 6.07) is 0. The van der Waals surface area contributed by atoms with Crippen molar-refractivity contribution in [2.45, 2.75) is 19.8 Å². The second-order valence-electron chi connectivity index (χ2n) is 1.81. The van der Waals surface area contributed by atoms with E-state index in [0.717, 1.165) is 0 Å². The van der Waals surface area contributed by atoms with Gasteiger partial charge in [-0.1, -0.05) is 30.7 Å². The first-order valence-corrected chi connectivity index (χ1v) is 2.78. The van der Waals surface area contributed by atoms with Crippen LogP contribution in [0.4, 0.5) is 0 Å². The normalized spacial score (nSPS) is 15.4. The molecule has 0 fully saturated rings. The zero-order chi connectivity index (χ0) is 5.11. The molecule has 0 bridgehead atoms. The molecule has 0 N–H and O–H groups in total. The van der Waals surface area contributed by atoms with Gasteiger partial charge < -0.3 is 1.43 Å². The van der Waals surface area contributed by atoms with Gasteiger partial charge in [-0.15, -0.1) is 0 Å². The Balaban J connectivity index is 0. The van der Waals surface area contributed by atoms with Gasteiger partial charge in [-0.25, -0.2) is 0 Å². The molecule has 1 aliphatic carbocycles. The Morgan fingerprint density at radius 2 is 2.50 bits per heavy atom. The molecule has 0 aliphatic heterocycles. The monoisotopic (exact) mass is 118 g/mol. The average Bonchev–Trinajstić information content (AvgIpc) is 2.14. The molecule has 0 spiro atoms. The quantitative estimate of drug-likeness (QED) is 0.403. The summed E-state index contributed by atoms with van der Waals surface area (Å²) in [5.41, 5.74) is 1.56. The summed E-state index contributed by atoms with van der Waals surface area (Å²) < 4.78 is 0.